The summed E-state index contributed by atoms with van der Waals surface area (Å²) in [6.45, 7) is 6.74. The number of benzene rings is 2. The standard InChI is InChI=1S/C25H27NO5/c1-5-14-31-21-13-12-18(16-22(21)30-6-2)15-20-23(25(28)29-4)17(3)26(24(20)27)19-10-8-7-9-11-19/h7-13,15-16H,5-6,14H2,1-4H3/b20-15-. The Morgan fingerprint density at radius 3 is 2.42 bits per heavy atom. The van der Waals surface area contributed by atoms with Gasteiger partial charge in [0.2, 0.25) is 0 Å². The molecule has 1 aliphatic heterocycles. The van der Waals surface area contributed by atoms with Crippen molar-refractivity contribution in [2.24, 2.45) is 0 Å². The molecule has 6 heteroatoms. The first-order valence-electron chi connectivity index (χ1n) is 10.3. The zero-order chi connectivity index (χ0) is 22.4. The number of anilines is 1. The third kappa shape index (κ3) is 4.63. The molecule has 1 aliphatic rings. The van der Waals surface area contributed by atoms with Crippen molar-refractivity contribution >= 4 is 23.6 Å². The number of allylic oxidation sites excluding steroid dienone is 1. The fourth-order valence-electron chi connectivity index (χ4n) is 3.45. The van der Waals surface area contributed by atoms with Crippen LogP contribution >= 0.6 is 0 Å². The van der Waals surface area contributed by atoms with E-state index in [1.54, 1.807) is 13.0 Å². The van der Waals surface area contributed by atoms with Crippen LogP contribution in [0.2, 0.25) is 0 Å². The molecule has 6 nitrogen and oxygen atoms in total. The molecule has 0 saturated heterocycles. The number of methoxy groups -OCH3 is 1. The third-order valence-electron chi connectivity index (χ3n) is 4.84. The van der Waals surface area contributed by atoms with Crippen molar-refractivity contribution in [3.8, 4) is 11.5 Å². The Balaban J connectivity index is 2.06. The summed E-state index contributed by atoms with van der Waals surface area (Å²) >= 11 is 0. The Kier molecular flexibility index (Phi) is 7.13. The summed E-state index contributed by atoms with van der Waals surface area (Å²) in [7, 11) is 1.31. The second kappa shape index (κ2) is 9.98. The van der Waals surface area contributed by atoms with Crippen molar-refractivity contribution in [2.75, 3.05) is 25.2 Å². The molecule has 31 heavy (non-hydrogen) atoms. The number of ether oxygens (including phenoxy) is 3. The fourth-order valence-corrected chi connectivity index (χ4v) is 3.45. The first-order valence-corrected chi connectivity index (χ1v) is 10.3. The minimum atomic E-state index is -0.552. The molecule has 1 heterocycles. The van der Waals surface area contributed by atoms with Gasteiger partial charge in [0.05, 0.1) is 31.5 Å². The number of para-hydroxylation sites is 1. The van der Waals surface area contributed by atoms with Crippen LogP contribution in [0.3, 0.4) is 0 Å². The van der Waals surface area contributed by atoms with E-state index in [0.717, 1.165) is 12.0 Å². The van der Waals surface area contributed by atoms with Crippen LogP contribution in [0.5, 0.6) is 11.5 Å². The van der Waals surface area contributed by atoms with Gasteiger partial charge in [-0.25, -0.2) is 4.79 Å². The number of hydrogen-bond donors (Lipinski definition) is 0. The Morgan fingerprint density at radius 2 is 1.77 bits per heavy atom. The fraction of sp³-hybridized carbons (Fsp3) is 0.280. The number of nitrogens with zero attached hydrogens (tertiary/aromatic N) is 1. The van der Waals surface area contributed by atoms with Crippen LogP contribution in [0.1, 0.15) is 32.8 Å². The zero-order valence-corrected chi connectivity index (χ0v) is 18.3. The highest BCUT2D eigenvalue weighted by Gasteiger charge is 2.37. The van der Waals surface area contributed by atoms with E-state index in [0.29, 0.717) is 36.1 Å². The molecule has 0 unspecified atom stereocenters. The molecule has 2 aromatic rings. The lowest BCUT2D eigenvalue weighted by Crippen LogP contribution is -2.24. The Bertz CT molecular complexity index is 1020. The van der Waals surface area contributed by atoms with Gasteiger partial charge in [0.25, 0.3) is 5.91 Å². The van der Waals surface area contributed by atoms with Gasteiger partial charge in [-0.1, -0.05) is 31.2 Å². The number of esters is 1. The molecule has 3 rings (SSSR count). The number of hydrogen-bond acceptors (Lipinski definition) is 5. The maximum absolute atomic E-state index is 13.3. The average Bonchev–Trinajstić information content (AvgIpc) is 3.02. The van der Waals surface area contributed by atoms with Crippen molar-refractivity contribution in [1.82, 2.24) is 0 Å². The Hall–Kier alpha value is -3.54. The minimum absolute atomic E-state index is 0.251. The van der Waals surface area contributed by atoms with Crippen molar-refractivity contribution < 1.29 is 23.8 Å². The Morgan fingerprint density at radius 1 is 1.03 bits per heavy atom. The summed E-state index contributed by atoms with van der Waals surface area (Å²) in [4.78, 5) is 27.4. The van der Waals surface area contributed by atoms with E-state index in [-0.39, 0.29) is 17.1 Å². The molecule has 2 aromatic carbocycles. The molecule has 0 spiro atoms. The second-order valence-corrected chi connectivity index (χ2v) is 6.97. The highest BCUT2D eigenvalue weighted by Crippen LogP contribution is 2.36. The smallest absolute Gasteiger partial charge is 0.340 e. The van der Waals surface area contributed by atoms with Crippen LogP contribution in [-0.2, 0) is 14.3 Å². The minimum Gasteiger partial charge on any atom is -0.490 e. The molecule has 0 radical (unpaired) electrons. The van der Waals surface area contributed by atoms with Gasteiger partial charge in [-0.15, -0.1) is 0 Å². The molecule has 162 valence electrons. The lowest BCUT2D eigenvalue weighted by molar-refractivity contribution is -0.136. The number of carbonyl (C=O) groups is 2. The molecule has 0 bridgehead atoms. The summed E-state index contributed by atoms with van der Waals surface area (Å²) in [5.74, 6) is 0.405. The Labute approximate surface area is 182 Å². The summed E-state index contributed by atoms with van der Waals surface area (Å²) < 4.78 is 16.4. The van der Waals surface area contributed by atoms with Crippen molar-refractivity contribution in [3.05, 3.63) is 70.9 Å². The quantitative estimate of drug-likeness (QED) is 0.455. The average molecular weight is 421 g/mol. The first-order chi connectivity index (χ1) is 15.0. The van der Waals surface area contributed by atoms with Crippen LogP contribution in [-0.4, -0.2) is 32.2 Å². The SMILES string of the molecule is CCCOc1ccc(/C=C2\C(=O)N(c3ccccc3)C(C)=C2C(=O)OC)cc1OCC. The van der Waals surface area contributed by atoms with E-state index in [2.05, 4.69) is 0 Å². The zero-order valence-electron chi connectivity index (χ0n) is 18.3. The van der Waals surface area contributed by atoms with Crippen molar-refractivity contribution in [1.29, 1.82) is 0 Å². The van der Waals surface area contributed by atoms with E-state index in [1.807, 2.05) is 62.4 Å². The van der Waals surface area contributed by atoms with Crippen LogP contribution in [0.15, 0.2) is 65.4 Å². The van der Waals surface area contributed by atoms with Gasteiger partial charge in [-0.2, -0.15) is 0 Å². The van der Waals surface area contributed by atoms with E-state index >= 15 is 0 Å². The van der Waals surface area contributed by atoms with Gasteiger partial charge in [0, 0.05) is 11.4 Å². The highest BCUT2D eigenvalue weighted by molar-refractivity contribution is 6.23. The number of rotatable bonds is 8. The van der Waals surface area contributed by atoms with Gasteiger partial charge >= 0.3 is 5.97 Å². The van der Waals surface area contributed by atoms with Gasteiger partial charge in [-0.05, 0) is 56.2 Å². The molecule has 0 fully saturated rings. The van der Waals surface area contributed by atoms with Crippen molar-refractivity contribution in [2.45, 2.75) is 27.2 Å². The van der Waals surface area contributed by atoms with Gasteiger partial charge < -0.3 is 14.2 Å². The predicted octanol–water partition coefficient (Wildman–Crippen LogP) is 4.75. The molecular formula is C25H27NO5. The molecule has 0 saturated carbocycles. The van der Waals surface area contributed by atoms with E-state index < -0.39 is 5.97 Å². The van der Waals surface area contributed by atoms with E-state index in [1.165, 1.54) is 12.0 Å². The predicted molar refractivity (Wildman–Crippen MR) is 120 cm³/mol. The largest absolute Gasteiger partial charge is 0.490 e. The normalized spacial score (nSPS) is 14.9. The lowest BCUT2D eigenvalue weighted by Gasteiger charge is -2.17. The number of amides is 1. The molecule has 0 atom stereocenters. The van der Waals surface area contributed by atoms with Gasteiger partial charge in [0.1, 0.15) is 0 Å². The van der Waals surface area contributed by atoms with Crippen LogP contribution in [0.4, 0.5) is 5.69 Å². The van der Waals surface area contributed by atoms with Crippen LogP contribution in [0, 0.1) is 0 Å². The van der Waals surface area contributed by atoms with Crippen LogP contribution in [0.25, 0.3) is 6.08 Å². The summed E-state index contributed by atoms with van der Waals surface area (Å²) in [6, 6.07) is 14.7. The van der Waals surface area contributed by atoms with Gasteiger partial charge in [-0.3, -0.25) is 9.69 Å². The summed E-state index contributed by atoms with van der Waals surface area (Å²) in [5.41, 5.74) is 2.47. The summed E-state index contributed by atoms with van der Waals surface area (Å²) in [6.07, 6.45) is 2.57. The maximum Gasteiger partial charge on any atom is 0.340 e. The maximum atomic E-state index is 13.3. The highest BCUT2D eigenvalue weighted by atomic mass is 16.5. The van der Waals surface area contributed by atoms with E-state index in [9.17, 15) is 9.59 Å². The van der Waals surface area contributed by atoms with Gasteiger partial charge in [0.15, 0.2) is 11.5 Å². The lowest BCUT2D eigenvalue weighted by atomic mass is 10.0. The summed E-state index contributed by atoms with van der Waals surface area (Å²) in [5, 5.41) is 0. The molecule has 0 aliphatic carbocycles. The monoisotopic (exact) mass is 421 g/mol. The second-order valence-electron chi connectivity index (χ2n) is 6.97. The topological polar surface area (TPSA) is 65.1 Å². The van der Waals surface area contributed by atoms with E-state index in [4.69, 9.17) is 14.2 Å². The number of carbonyl (C=O) groups excluding carboxylic acids is 2. The molecule has 1 amide bonds. The van der Waals surface area contributed by atoms with Crippen molar-refractivity contribution in [3.63, 3.8) is 0 Å². The molecule has 0 aromatic heterocycles. The third-order valence-corrected chi connectivity index (χ3v) is 4.84. The van der Waals surface area contributed by atoms with Crippen LogP contribution < -0.4 is 14.4 Å². The first kappa shape index (κ1) is 22.2. The molecular weight excluding hydrogens is 394 g/mol. The molecule has 0 N–H and O–H groups in total.